The van der Waals surface area contributed by atoms with Gasteiger partial charge in [0.1, 0.15) is 0 Å². The third-order valence-electron chi connectivity index (χ3n) is 4.32. The summed E-state index contributed by atoms with van der Waals surface area (Å²) < 4.78 is 5.72. The zero-order valence-electron chi connectivity index (χ0n) is 16.1. The Balaban J connectivity index is 1.88. The van der Waals surface area contributed by atoms with Gasteiger partial charge in [-0.1, -0.05) is 26.0 Å². The molecule has 1 aliphatic rings. The van der Waals surface area contributed by atoms with Crippen molar-refractivity contribution < 1.29 is 14.3 Å². The molecule has 1 aromatic rings. The van der Waals surface area contributed by atoms with E-state index in [-0.39, 0.29) is 24.5 Å². The number of carbonyl (C=O) groups is 2. The minimum atomic E-state index is -0.168. The van der Waals surface area contributed by atoms with Gasteiger partial charge >= 0.3 is 0 Å². The summed E-state index contributed by atoms with van der Waals surface area (Å²) in [6.07, 6.45) is 3.56. The minimum Gasteiger partial charge on any atom is -0.377 e. The van der Waals surface area contributed by atoms with E-state index in [1.54, 1.807) is 18.2 Å². The van der Waals surface area contributed by atoms with E-state index < -0.39 is 0 Å². The minimum absolute atomic E-state index is 0.132. The molecule has 6 nitrogen and oxygen atoms in total. The molecule has 0 spiro atoms. The maximum Gasteiger partial charge on any atom is 0.253 e. The molecule has 6 heteroatoms. The molecule has 1 aliphatic heterocycles. The lowest BCUT2D eigenvalue weighted by Gasteiger charge is -2.27. The van der Waals surface area contributed by atoms with Crippen LogP contribution in [0.15, 0.2) is 24.3 Å². The topological polar surface area (TPSA) is 70.7 Å². The highest BCUT2D eigenvalue weighted by molar-refractivity contribution is 6.04. The van der Waals surface area contributed by atoms with Crippen molar-refractivity contribution in [2.45, 2.75) is 39.2 Å². The van der Waals surface area contributed by atoms with Gasteiger partial charge in [-0.15, -0.1) is 0 Å². The SMILES string of the molecule is CC(C)CNC(=O)c1ccccc1NC(=O)CN(C)CC1CCCCO1. The molecular weight excluding hydrogens is 330 g/mol. The molecule has 0 radical (unpaired) electrons. The Kier molecular flexibility index (Phi) is 8.06. The third-order valence-corrected chi connectivity index (χ3v) is 4.32. The highest BCUT2D eigenvalue weighted by Crippen LogP contribution is 2.16. The van der Waals surface area contributed by atoms with Crippen LogP contribution in [0, 0.1) is 5.92 Å². The van der Waals surface area contributed by atoms with Crippen molar-refractivity contribution in [2.24, 2.45) is 5.92 Å². The van der Waals surface area contributed by atoms with Crippen molar-refractivity contribution in [2.75, 3.05) is 38.6 Å². The average Bonchev–Trinajstić information content (AvgIpc) is 2.60. The highest BCUT2D eigenvalue weighted by Gasteiger charge is 2.18. The summed E-state index contributed by atoms with van der Waals surface area (Å²) in [5.74, 6) is 0.0716. The summed E-state index contributed by atoms with van der Waals surface area (Å²) in [6.45, 7) is 6.50. The standard InChI is InChI=1S/C20H31N3O3/c1-15(2)12-21-20(25)17-9-4-5-10-18(17)22-19(24)14-23(3)13-16-8-6-7-11-26-16/h4-5,9-10,15-16H,6-8,11-14H2,1-3H3,(H,21,25)(H,22,24). The number of amides is 2. The van der Waals surface area contributed by atoms with Gasteiger partial charge in [0, 0.05) is 19.7 Å². The highest BCUT2D eigenvalue weighted by atomic mass is 16.5. The zero-order chi connectivity index (χ0) is 18.9. The van der Waals surface area contributed by atoms with Crippen LogP contribution in [0.25, 0.3) is 0 Å². The van der Waals surface area contributed by atoms with E-state index in [2.05, 4.69) is 10.6 Å². The van der Waals surface area contributed by atoms with Crippen LogP contribution in [-0.2, 0) is 9.53 Å². The second kappa shape index (κ2) is 10.3. The van der Waals surface area contributed by atoms with Gasteiger partial charge in [0.05, 0.1) is 23.9 Å². The van der Waals surface area contributed by atoms with Crippen LogP contribution in [0.3, 0.4) is 0 Å². The van der Waals surface area contributed by atoms with Crippen LogP contribution in [0.5, 0.6) is 0 Å². The van der Waals surface area contributed by atoms with Crippen LogP contribution >= 0.6 is 0 Å². The normalized spacial score (nSPS) is 17.3. The summed E-state index contributed by atoms with van der Waals surface area (Å²) in [5, 5.41) is 5.75. The summed E-state index contributed by atoms with van der Waals surface area (Å²) in [4.78, 5) is 26.7. The molecule has 1 fully saturated rings. The van der Waals surface area contributed by atoms with E-state index in [0.29, 0.717) is 23.7 Å². The molecule has 2 rings (SSSR count). The van der Waals surface area contributed by atoms with Crippen LogP contribution in [0.4, 0.5) is 5.69 Å². The number of hydrogen-bond donors (Lipinski definition) is 2. The van der Waals surface area contributed by atoms with Crippen molar-refractivity contribution in [3.63, 3.8) is 0 Å². The van der Waals surface area contributed by atoms with Gasteiger partial charge in [0.25, 0.3) is 5.91 Å². The maximum absolute atomic E-state index is 12.4. The first kappa shape index (κ1) is 20.4. The summed E-state index contributed by atoms with van der Waals surface area (Å²) >= 11 is 0. The van der Waals surface area contributed by atoms with Gasteiger partial charge in [0.15, 0.2) is 0 Å². The molecule has 26 heavy (non-hydrogen) atoms. The fraction of sp³-hybridized carbons (Fsp3) is 0.600. The van der Waals surface area contributed by atoms with Crippen molar-refractivity contribution in [3.05, 3.63) is 29.8 Å². The van der Waals surface area contributed by atoms with Gasteiger partial charge in [-0.2, -0.15) is 0 Å². The molecule has 0 bridgehead atoms. The Morgan fingerprint density at radius 1 is 1.27 bits per heavy atom. The van der Waals surface area contributed by atoms with Gasteiger partial charge in [-0.05, 0) is 44.4 Å². The molecule has 144 valence electrons. The molecule has 0 saturated carbocycles. The Labute approximate surface area is 156 Å². The number of carbonyl (C=O) groups excluding carboxylic acids is 2. The monoisotopic (exact) mass is 361 g/mol. The van der Waals surface area contributed by atoms with E-state index in [0.717, 1.165) is 26.0 Å². The Bertz CT molecular complexity index is 598. The molecule has 1 aromatic carbocycles. The molecular formula is C20H31N3O3. The van der Waals surface area contributed by atoms with E-state index in [9.17, 15) is 9.59 Å². The van der Waals surface area contributed by atoms with Gasteiger partial charge < -0.3 is 15.4 Å². The quantitative estimate of drug-likeness (QED) is 0.746. The number of ether oxygens (including phenoxy) is 1. The molecule has 0 aromatic heterocycles. The summed E-state index contributed by atoms with van der Waals surface area (Å²) in [5.41, 5.74) is 1.03. The first-order valence-electron chi connectivity index (χ1n) is 9.43. The smallest absolute Gasteiger partial charge is 0.253 e. The van der Waals surface area contributed by atoms with Gasteiger partial charge in [0.2, 0.25) is 5.91 Å². The van der Waals surface area contributed by atoms with E-state index in [1.807, 2.05) is 31.9 Å². The molecule has 2 amide bonds. The van der Waals surface area contributed by atoms with Crippen LogP contribution < -0.4 is 10.6 Å². The van der Waals surface area contributed by atoms with Crippen molar-refractivity contribution in [1.29, 1.82) is 0 Å². The van der Waals surface area contributed by atoms with Crippen molar-refractivity contribution in [3.8, 4) is 0 Å². The molecule has 1 saturated heterocycles. The predicted octanol–water partition coefficient (Wildman–Crippen LogP) is 2.51. The van der Waals surface area contributed by atoms with E-state index in [1.165, 1.54) is 6.42 Å². The maximum atomic E-state index is 12.4. The molecule has 1 unspecified atom stereocenters. The Hall–Kier alpha value is -1.92. The number of benzene rings is 1. The van der Waals surface area contributed by atoms with E-state index >= 15 is 0 Å². The van der Waals surface area contributed by atoms with Crippen LogP contribution in [0.1, 0.15) is 43.5 Å². The largest absolute Gasteiger partial charge is 0.377 e. The fourth-order valence-electron chi connectivity index (χ4n) is 2.98. The van der Waals surface area contributed by atoms with Crippen LogP contribution in [0.2, 0.25) is 0 Å². The van der Waals surface area contributed by atoms with E-state index in [4.69, 9.17) is 4.74 Å². The number of hydrogen-bond acceptors (Lipinski definition) is 4. The summed E-state index contributed by atoms with van der Waals surface area (Å²) in [7, 11) is 1.92. The third kappa shape index (κ3) is 6.77. The average molecular weight is 361 g/mol. The lowest BCUT2D eigenvalue weighted by molar-refractivity contribution is -0.117. The number of likely N-dealkylation sites (N-methyl/N-ethyl adjacent to an activating group) is 1. The fourth-order valence-corrected chi connectivity index (χ4v) is 2.98. The lowest BCUT2D eigenvalue weighted by Crippen LogP contribution is -2.38. The second-order valence-electron chi connectivity index (χ2n) is 7.38. The Morgan fingerprint density at radius 2 is 2.04 bits per heavy atom. The number of anilines is 1. The molecule has 0 aliphatic carbocycles. The Morgan fingerprint density at radius 3 is 2.73 bits per heavy atom. The van der Waals surface area contributed by atoms with Crippen molar-refractivity contribution in [1.82, 2.24) is 10.2 Å². The van der Waals surface area contributed by atoms with Gasteiger partial charge in [-0.25, -0.2) is 0 Å². The molecule has 2 N–H and O–H groups in total. The second-order valence-corrected chi connectivity index (χ2v) is 7.38. The van der Waals surface area contributed by atoms with Crippen molar-refractivity contribution >= 4 is 17.5 Å². The number of nitrogens with one attached hydrogen (secondary N) is 2. The first-order valence-corrected chi connectivity index (χ1v) is 9.43. The number of para-hydroxylation sites is 1. The lowest BCUT2D eigenvalue weighted by atomic mass is 10.1. The predicted molar refractivity (Wildman–Crippen MR) is 103 cm³/mol. The molecule has 1 heterocycles. The zero-order valence-corrected chi connectivity index (χ0v) is 16.1. The number of nitrogens with zero attached hydrogens (tertiary/aromatic N) is 1. The van der Waals surface area contributed by atoms with Gasteiger partial charge in [-0.3, -0.25) is 14.5 Å². The first-order chi connectivity index (χ1) is 12.5. The number of rotatable bonds is 8. The molecule has 1 atom stereocenters. The summed E-state index contributed by atoms with van der Waals surface area (Å²) in [6, 6.07) is 7.10. The van der Waals surface area contributed by atoms with Crippen LogP contribution in [-0.4, -0.2) is 56.1 Å².